The second-order valence-electron chi connectivity index (χ2n) is 6.54. The lowest BCUT2D eigenvalue weighted by molar-refractivity contribution is 0.0873. The van der Waals surface area contributed by atoms with Crippen LogP contribution in [0.25, 0.3) is 0 Å². The van der Waals surface area contributed by atoms with E-state index in [1.165, 1.54) is 11.1 Å². The molecule has 0 amide bonds. The predicted molar refractivity (Wildman–Crippen MR) is 84.9 cm³/mol. The van der Waals surface area contributed by atoms with E-state index in [0.29, 0.717) is 16.8 Å². The molecule has 1 aromatic rings. The van der Waals surface area contributed by atoms with Crippen LogP contribution in [0, 0.1) is 5.92 Å². The average Bonchev–Trinajstić information content (AvgIpc) is 2.85. The first-order chi connectivity index (χ1) is 8.93. The van der Waals surface area contributed by atoms with Gasteiger partial charge in [0.15, 0.2) is 0 Å². The summed E-state index contributed by atoms with van der Waals surface area (Å²) in [6, 6.07) is 9.07. The molecule has 3 atom stereocenters. The van der Waals surface area contributed by atoms with Gasteiger partial charge in [-0.15, -0.1) is 0 Å². The van der Waals surface area contributed by atoms with Gasteiger partial charge in [-0.3, -0.25) is 0 Å². The molecule has 1 saturated heterocycles. The van der Waals surface area contributed by atoms with Crippen molar-refractivity contribution in [3.05, 3.63) is 35.4 Å². The van der Waals surface area contributed by atoms with Crippen LogP contribution in [0.15, 0.2) is 24.3 Å². The lowest BCUT2D eigenvalue weighted by Crippen LogP contribution is -2.19. The molecular formula is C17H25BrO. The van der Waals surface area contributed by atoms with Crippen LogP contribution in [-0.4, -0.2) is 12.7 Å². The van der Waals surface area contributed by atoms with Crippen LogP contribution < -0.4 is 0 Å². The fourth-order valence-corrected chi connectivity index (χ4v) is 3.74. The summed E-state index contributed by atoms with van der Waals surface area (Å²) in [4.78, 5) is 0.411. The normalized spacial score (nSPS) is 25.5. The lowest BCUT2D eigenvalue weighted by Gasteiger charge is -2.24. The van der Waals surface area contributed by atoms with Gasteiger partial charge in [-0.05, 0) is 29.4 Å². The van der Waals surface area contributed by atoms with Crippen molar-refractivity contribution in [3.8, 4) is 0 Å². The first-order valence-corrected chi connectivity index (χ1v) is 8.21. The molecule has 1 aromatic carbocycles. The van der Waals surface area contributed by atoms with Gasteiger partial charge in [0.25, 0.3) is 0 Å². The van der Waals surface area contributed by atoms with Crippen LogP contribution in [0.3, 0.4) is 0 Å². The molecule has 1 nitrogen and oxygen atoms in total. The summed E-state index contributed by atoms with van der Waals surface area (Å²) in [5, 5.41) is 0. The minimum absolute atomic E-state index is 0.225. The fourth-order valence-electron chi connectivity index (χ4n) is 2.83. The average molecular weight is 325 g/mol. The minimum Gasteiger partial charge on any atom is -0.378 e. The van der Waals surface area contributed by atoms with Crippen LogP contribution in [-0.2, 0) is 10.2 Å². The highest BCUT2D eigenvalue weighted by atomic mass is 79.9. The minimum atomic E-state index is 0.225. The van der Waals surface area contributed by atoms with Crippen molar-refractivity contribution in [1.82, 2.24) is 0 Å². The molecule has 2 heteroatoms. The maximum atomic E-state index is 5.81. The van der Waals surface area contributed by atoms with Gasteiger partial charge in [-0.2, -0.15) is 0 Å². The van der Waals surface area contributed by atoms with E-state index >= 15 is 0 Å². The Kier molecular flexibility index (Phi) is 4.73. The molecule has 19 heavy (non-hydrogen) atoms. The van der Waals surface area contributed by atoms with E-state index < -0.39 is 0 Å². The standard InChI is InChI=1S/C17H25BrO/c1-5-15-14(10-11-19-15)16(18)12-6-8-13(9-7-12)17(2,3)4/h6-9,14-16H,5,10-11H2,1-4H3. The lowest BCUT2D eigenvalue weighted by atomic mass is 9.85. The van der Waals surface area contributed by atoms with Crippen LogP contribution in [0.5, 0.6) is 0 Å². The molecule has 0 aliphatic carbocycles. The summed E-state index contributed by atoms with van der Waals surface area (Å²) < 4.78 is 5.81. The molecule has 0 bridgehead atoms. The van der Waals surface area contributed by atoms with Gasteiger partial charge >= 0.3 is 0 Å². The largest absolute Gasteiger partial charge is 0.378 e. The van der Waals surface area contributed by atoms with E-state index in [0.717, 1.165) is 19.4 Å². The van der Waals surface area contributed by atoms with Crippen LogP contribution in [0.2, 0.25) is 0 Å². The zero-order chi connectivity index (χ0) is 14.0. The number of rotatable bonds is 3. The number of ether oxygens (including phenoxy) is 1. The van der Waals surface area contributed by atoms with E-state index in [1.54, 1.807) is 0 Å². The summed E-state index contributed by atoms with van der Waals surface area (Å²) in [7, 11) is 0. The molecular weight excluding hydrogens is 300 g/mol. The Bertz CT molecular complexity index is 404. The fraction of sp³-hybridized carbons (Fsp3) is 0.647. The number of hydrogen-bond acceptors (Lipinski definition) is 1. The van der Waals surface area contributed by atoms with E-state index in [-0.39, 0.29) is 5.41 Å². The van der Waals surface area contributed by atoms with Gasteiger partial charge in [0.05, 0.1) is 6.10 Å². The molecule has 1 heterocycles. The molecule has 3 unspecified atom stereocenters. The van der Waals surface area contributed by atoms with E-state index in [2.05, 4.69) is 67.9 Å². The highest BCUT2D eigenvalue weighted by Crippen LogP contribution is 2.40. The zero-order valence-electron chi connectivity index (χ0n) is 12.4. The summed E-state index contributed by atoms with van der Waals surface area (Å²) in [6.07, 6.45) is 2.68. The molecule has 106 valence electrons. The molecule has 0 N–H and O–H groups in total. The van der Waals surface area contributed by atoms with Gasteiger partial charge < -0.3 is 4.74 Å². The van der Waals surface area contributed by atoms with E-state index in [1.807, 2.05) is 0 Å². The number of benzene rings is 1. The Labute approximate surface area is 125 Å². The molecule has 1 fully saturated rings. The molecule has 2 rings (SSSR count). The third-order valence-electron chi connectivity index (χ3n) is 4.13. The molecule has 0 aromatic heterocycles. The van der Waals surface area contributed by atoms with Crippen molar-refractivity contribution >= 4 is 15.9 Å². The second kappa shape index (κ2) is 5.97. The Morgan fingerprint density at radius 2 is 1.89 bits per heavy atom. The third kappa shape index (κ3) is 3.41. The zero-order valence-corrected chi connectivity index (χ0v) is 14.0. The monoisotopic (exact) mass is 324 g/mol. The van der Waals surface area contributed by atoms with Crippen LogP contribution in [0.4, 0.5) is 0 Å². The van der Waals surface area contributed by atoms with Crippen molar-refractivity contribution in [1.29, 1.82) is 0 Å². The van der Waals surface area contributed by atoms with Crippen LogP contribution >= 0.6 is 15.9 Å². The maximum Gasteiger partial charge on any atom is 0.0615 e. The summed E-state index contributed by atoms with van der Waals surface area (Å²) in [5.74, 6) is 0.602. The first-order valence-electron chi connectivity index (χ1n) is 7.29. The Hall–Kier alpha value is -0.340. The number of halogens is 1. The molecule has 1 aliphatic rings. The van der Waals surface area contributed by atoms with Crippen molar-refractivity contribution < 1.29 is 4.74 Å². The van der Waals surface area contributed by atoms with Crippen LogP contribution in [0.1, 0.15) is 56.5 Å². The van der Waals surface area contributed by atoms with Crippen molar-refractivity contribution in [2.45, 2.75) is 56.9 Å². The van der Waals surface area contributed by atoms with Gasteiger partial charge in [0, 0.05) is 17.4 Å². The molecule has 1 aliphatic heterocycles. The predicted octanol–water partition coefficient (Wildman–Crippen LogP) is 5.24. The van der Waals surface area contributed by atoms with E-state index in [9.17, 15) is 0 Å². The van der Waals surface area contributed by atoms with Crippen molar-refractivity contribution in [2.75, 3.05) is 6.61 Å². The van der Waals surface area contributed by atoms with Crippen molar-refractivity contribution in [3.63, 3.8) is 0 Å². The topological polar surface area (TPSA) is 9.23 Å². The first kappa shape index (κ1) is 15.1. The van der Waals surface area contributed by atoms with E-state index in [4.69, 9.17) is 4.74 Å². The van der Waals surface area contributed by atoms with Gasteiger partial charge in [0.1, 0.15) is 0 Å². The molecule has 0 radical (unpaired) electrons. The summed E-state index contributed by atoms with van der Waals surface area (Å²) in [5.41, 5.74) is 3.00. The Balaban J connectivity index is 2.13. The maximum absolute atomic E-state index is 5.81. The highest BCUT2D eigenvalue weighted by Gasteiger charge is 2.33. The second-order valence-corrected chi connectivity index (χ2v) is 7.53. The van der Waals surface area contributed by atoms with Gasteiger partial charge in [-0.1, -0.05) is 67.9 Å². The highest BCUT2D eigenvalue weighted by molar-refractivity contribution is 9.09. The van der Waals surface area contributed by atoms with Gasteiger partial charge in [-0.25, -0.2) is 0 Å². The van der Waals surface area contributed by atoms with Crippen molar-refractivity contribution in [2.24, 2.45) is 5.92 Å². The number of hydrogen-bond donors (Lipinski definition) is 0. The third-order valence-corrected chi connectivity index (χ3v) is 5.34. The molecule has 0 spiro atoms. The SMILES string of the molecule is CCC1OCCC1C(Br)c1ccc(C(C)(C)C)cc1. The smallest absolute Gasteiger partial charge is 0.0615 e. The Morgan fingerprint density at radius 1 is 1.26 bits per heavy atom. The van der Waals surface area contributed by atoms with Gasteiger partial charge in [0.2, 0.25) is 0 Å². The Morgan fingerprint density at radius 3 is 2.42 bits per heavy atom. The summed E-state index contributed by atoms with van der Waals surface area (Å²) >= 11 is 3.89. The molecule has 0 saturated carbocycles. The number of alkyl halides is 1. The summed E-state index contributed by atoms with van der Waals surface area (Å²) in [6.45, 7) is 9.89. The quantitative estimate of drug-likeness (QED) is 0.691.